The van der Waals surface area contributed by atoms with Crippen LogP contribution in [-0.2, 0) is 13.1 Å². The Kier molecular flexibility index (Phi) is 11.2. The summed E-state index contributed by atoms with van der Waals surface area (Å²) in [5.74, 6) is 1.15. The molecule has 0 unspecified atom stereocenters. The average molecular weight is 837 g/mol. The van der Waals surface area contributed by atoms with Crippen LogP contribution in [0.2, 0.25) is 0 Å². The second kappa shape index (κ2) is 17.5. The molecule has 0 fully saturated rings. The van der Waals surface area contributed by atoms with Gasteiger partial charge < -0.3 is 9.47 Å². The summed E-state index contributed by atoms with van der Waals surface area (Å²) in [6, 6.07) is 38.2. The molecule has 0 spiro atoms. The van der Waals surface area contributed by atoms with E-state index in [0.29, 0.717) is 43.4 Å². The van der Waals surface area contributed by atoms with E-state index in [1.165, 1.54) is 0 Å². The van der Waals surface area contributed by atoms with Crippen LogP contribution in [0.5, 0.6) is 12.0 Å². The molecule has 63 heavy (non-hydrogen) atoms. The Balaban J connectivity index is 0.000000160. The number of benzene rings is 4. The summed E-state index contributed by atoms with van der Waals surface area (Å²) in [5, 5.41) is 28.9. The van der Waals surface area contributed by atoms with Crippen molar-refractivity contribution in [3.05, 3.63) is 143 Å². The summed E-state index contributed by atoms with van der Waals surface area (Å²) in [6.45, 7) is 11.8. The number of nitrogens with zero attached hydrogens (tertiary/aromatic N) is 12. The Bertz CT molecular complexity index is 3160. The number of fused-ring (bicyclic) bond motifs is 2. The SMILES string of the molecule is CCOc1nc2c(C)cc(C)nc2n1Cc1ccc(-c2ccccc2-c2nn[nH]n2)cc1.COc1nc2c(C)cc(C)nc2n1Cc1ccc(-c2ccccc2-c2nn[nH]n2)cc1. The summed E-state index contributed by atoms with van der Waals surface area (Å²) in [5.41, 5.74) is 15.9. The Morgan fingerprint density at radius 1 is 0.524 bits per heavy atom. The molecule has 0 aliphatic carbocycles. The van der Waals surface area contributed by atoms with E-state index >= 15 is 0 Å². The lowest BCUT2D eigenvalue weighted by Gasteiger charge is -2.11. The first-order valence-corrected chi connectivity index (χ1v) is 20.5. The number of hydrogen-bond donors (Lipinski definition) is 2. The fraction of sp³-hybridized carbons (Fsp3) is 0.191. The molecular formula is C47H44N14O2. The lowest BCUT2D eigenvalue weighted by Crippen LogP contribution is -2.06. The summed E-state index contributed by atoms with van der Waals surface area (Å²) in [7, 11) is 1.64. The molecule has 0 bridgehead atoms. The Morgan fingerprint density at radius 2 is 0.952 bits per heavy atom. The van der Waals surface area contributed by atoms with Crippen molar-refractivity contribution in [2.75, 3.05) is 13.7 Å². The number of imidazole rings is 2. The minimum absolute atomic E-state index is 0.549. The van der Waals surface area contributed by atoms with Crippen molar-refractivity contribution >= 4 is 22.3 Å². The van der Waals surface area contributed by atoms with Crippen LogP contribution in [0.3, 0.4) is 0 Å². The molecule has 0 aliphatic heterocycles. The number of aryl methyl sites for hydroxylation is 4. The molecule has 16 nitrogen and oxygen atoms in total. The number of ether oxygens (including phenoxy) is 2. The van der Waals surface area contributed by atoms with Gasteiger partial charge in [-0.2, -0.15) is 20.4 Å². The number of rotatable bonds is 11. The van der Waals surface area contributed by atoms with Gasteiger partial charge >= 0.3 is 0 Å². The van der Waals surface area contributed by atoms with Gasteiger partial charge in [0, 0.05) is 22.5 Å². The molecule has 0 amide bonds. The molecule has 0 saturated carbocycles. The van der Waals surface area contributed by atoms with Crippen LogP contribution in [-0.4, -0.2) is 84.0 Å². The standard InChI is InChI=1S/C24H23N7O.C23H21N7O/c1-4-32-24-26-21-15(2)13-16(3)25-23(21)31(24)14-17-9-11-18(12-10-17)19-7-5-6-8-20(19)22-27-29-30-28-22;1-14-12-15(2)24-22-20(14)25-23(31-3)30(22)13-16-8-10-17(11-9-16)18-6-4-5-7-19(18)21-26-28-29-27-21/h5-13H,4,14H2,1-3H3,(H,27,28,29,30);4-12H,13H2,1-3H3,(H,26,27,28,29). The molecule has 314 valence electrons. The second-order valence-corrected chi connectivity index (χ2v) is 15.1. The van der Waals surface area contributed by atoms with E-state index in [-0.39, 0.29) is 0 Å². The summed E-state index contributed by atoms with van der Waals surface area (Å²) in [6.07, 6.45) is 0. The fourth-order valence-corrected chi connectivity index (χ4v) is 7.80. The van der Waals surface area contributed by atoms with E-state index in [0.717, 1.165) is 89.4 Å². The molecule has 10 aromatic rings. The van der Waals surface area contributed by atoms with Crippen LogP contribution >= 0.6 is 0 Å². The number of pyridine rings is 2. The number of aromatic nitrogens is 14. The first kappa shape index (κ1) is 40.3. The van der Waals surface area contributed by atoms with Crippen molar-refractivity contribution in [1.82, 2.24) is 70.3 Å². The third-order valence-electron chi connectivity index (χ3n) is 10.7. The first-order valence-electron chi connectivity index (χ1n) is 20.5. The third-order valence-corrected chi connectivity index (χ3v) is 10.7. The topological polar surface area (TPSA) is 189 Å². The highest BCUT2D eigenvalue weighted by Gasteiger charge is 2.18. The van der Waals surface area contributed by atoms with Gasteiger partial charge in [-0.1, -0.05) is 97.1 Å². The van der Waals surface area contributed by atoms with Crippen molar-refractivity contribution in [3.63, 3.8) is 0 Å². The van der Waals surface area contributed by atoms with Gasteiger partial charge in [-0.15, -0.1) is 20.4 Å². The molecule has 0 aliphatic rings. The lowest BCUT2D eigenvalue weighted by molar-refractivity contribution is 0.301. The summed E-state index contributed by atoms with van der Waals surface area (Å²) >= 11 is 0. The van der Waals surface area contributed by atoms with Gasteiger partial charge in [0.05, 0.1) is 26.8 Å². The highest BCUT2D eigenvalue weighted by molar-refractivity contribution is 5.82. The zero-order valence-electron chi connectivity index (χ0n) is 35.7. The number of nitrogens with one attached hydrogen (secondary N) is 2. The van der Waals surface area contributed by atoms with Gasteiger partial charge in [0.25, 0.3) is 12.0 Å². The average Bonchev–Trinajstić information content (AvgIpc) is 4.14. The third kappa shape index (κ3) is 8.21. The molecule has 10 rings (SSSR count). The quantitative estimate of drug-likeness (QED) is 0.127. The Labute approximate surface area is 362 Å². The van der Waals surface area contributed by atoms with E-state index in [1.54, 1.807) is 7.11 Å². The predicted octanol–water partition coefficient (Wildman–Crippen LogP) is 8.29. The molecule has 6 heterocycles. The zero-order chi connectivity index (χ0) is 43.5. The summed E-state index contributed by atoms with van der Waals surface area (Å²) < 4.78 is 15.4. The number of hydrogen-bond acceptors (Lipinski definition) is 12. The fourth-order valence-electron chi connectivity index (χ4n) is 7.80. The molecule has 4 aromatic carbocycles. The number of H-pyrrole nitrogens is 2. The van der Waals surface area contributed by atoms with Crippen molar-refractivity contribution in [3.8, 4) is 57.1 Å². The van der Waals surface area contributed by atoms with E-state index in [2.05, 4.69) is 114 Å². The van der Waals surface area contributed by atoms with E-state index in [9.17, 15) is 0 Å². The highest BCUT2D eigenvalue weighted by atomic mass is 16.5. The van der Waals surface area contributed by atoms with Crippen molar-refractivity contribution < 1.29 is 9.47 Å². The van der Waals surface area contributed by atoms with E-state index < -0.39 is 0 Å². The minimum Gasteiger partial charge on any atom is -0.468 e. The molecule has 0 saturated heterocycles. The molecular weight excluding hydrogens is 793 g/mol. The number of aromatic amines is 2. The monoisotopic (exact) mass is 836 g/mol. The normalized spacial score (nSPS) is 11.2. The molecule has 16 heteroatoms. The minimum atomic E-state index is 0.549. The van der Waals surface area contributed by atoms with Crippen molar-refractivity contribution in [2.24, 2.45) is 0 Å². The molecule has 2 N–H and O–H groups in total. The Hall–Kier alpha value is -8.14. The number of methoxy groups -OCH3 is 1. The first-order chi connectivity index (χ1) is 30.8. The maximum atomic E-state index is 5.83. The lowest BCUT2D eigenvalue weighted by atomic mass is 9.98. The second-order valence-electron chi connectivity index (χ2n) is 15.1. The van der Waals surface area contributed by atoms with Gasteiger partial charge in [0.2, 0.25) is 11.6 Å². The van der Waals surface area contributed by atoms with E-state index in [4.69, 9.17) is 24.4 Å². The van der Waals surface area contributed by atoms with Crippen LogP contribution < -0.4 is 9.47 Å². The molecule has 6 aromatic heterocycles. The largest absolute Gasteiger partial charge is 0.468 e. The summed E-state index contributed by atoms with van der Waals surface area (Å²) in [4.78, 5) is 18.8. The van der Waals surface area contributed by atoms with Crippen molar-refractivity contribution in [1.29, 1.82) is 0 Å². The maximum absolute atomic E-state index is 5.83. The van der Waals surface area contributed by atoms with Crippen LogP contribution in [0, 0.1) is 27.7 Å². The van der Waals surface area contributed by atoms with Crippen LogP contribution in [0.25, 0.3) is 67.4 Å². The molecule has 0 radical (unpaired) electrons. The maximum Gasteiger partial charge on any atom is 0.298 e. The van der Waals surface area contributed by atoms with Crippen LogP contribution in [0.15, 0.2) is 109 Å². The Morgan fingerprint density at radius 3 is 1.37 bits per heavy atom. The van der Waals surface area contributed by atoms with Gasteiger partial charge in [-0.3, -0.25) is 9.13 Å². The van der Waals surface area contributed by atoms with Gasteiger partial charge in [-0.05, 0) is 102 Å². The molecule has 0 atom stereocenters. The predicted molar refractivity (Wildman–Crippen MR) is 240 cm³/mol. The van der Waals surface area contributed by atoms with Crippen LogP contribution in [0.1, 0.15) is 40.6 Å². The van der Waals surface area contributed by atoms with Crippen molar-refractivity contribution in [2.45, 2.75) is 47.7 Å². The van der Waals surface area contributed by atoms with Gasteiger partial charge in [0.1, 0.15) is 11.0 Å². The van der Waals surface area contributed by atoms with Crippen LogP contribution in [0.4, 0.5) is 0 Å². The highest BCUT2D eigenvalue weighted by Crippen LogP contribution is 2.33. The number of tetrazole rings is 2. The van der Waals surface area contributed by atoms with Gasteiger partial charge in [0.15, 0.2) is 11.3 Å². The van der Waals surface area contributed by atoms with Gasteiger partial charge in [-0.25, -0.2) is 9.97 Å². The smallest absolute Gasteiger partial charge is 0.298 e. The van der Waals surface area contributed by atoms with E-state index in [1.807, 2.05) is 85.4 Å². The zero-order valence-corrected chi connectivity index (χ0v) is 35.7.